The Morgan fingerprint density at radius 1 is 1.31 bits per heavy atom. The summed E-state index contributed by atoms with van der Waals surface area (Å²) >= 11 is 0. The maximum absolute atomic E-state index is 12.4. The molecular weight excluding hydrogens is 332 g/mol. The van der Waals surface area contributed by atoms with E-state index in [0.29, 0.717) is 32.4 Å². The van der Waals surface area contributed by atoms with Crippen LogP contribution >= 0.6 is 0 Å². The van der Waals surface area contributed by atoms with Crippen molar-refractivity contribution in [3.05, 3.63) is 47.1 Å². The minimum absolute atomic E-state index is 0.0166. The minimum atomic E-state index is -0.0205. The number of pyridine rings is 1. The summed E-state index contributed by atoms with van der Waals surface area (Å²) < 4.78 is 5.18. The predicted molar refractivity (Wildman–Crippen MR) is 95.1 cm³/mol. The second-order valence-electron chi connectivity index (χ2n) is 6.74. The van der Waals surface area contributed by atoms with Crippen molar-refractivity contribution < 1.29 is 14.1 Å². The van der Waals surface area contributed by atoms with E-state index in [-0.39, 0.29) is 17.9 Å². The summed E-state index contributed by atoms with van der Waals surface area (Å²) in [4.78, 5) is 30.5. The molecule has 2 aromatic rings. The molecule has 3 rings (SSSR count). The van der Waals surface area contributed by atoms with Crippen molar-refractivity contribution in [1.82, 2.24) is 20.4 Å². The highest BCUT2D eigenvalue weighted by Gasteiger charge is 2.25. The van der Waals surface area contributed by atoms with Crippen LogP contribution < -0.4 is 5.32 Å². The van der Waals surface area contributed by atoms with Gasteiger partial charge in [0.1, 0.15) is 5.76 Å². The topological polar surface area (TPSA) is 88.3 Å². The van der Waals surface area contributed by atoms with Gasteiger partial charge in [0.05, 0.1) is 18.7 Å². The molecule has 7 nitrogen and oxygen atoms in total. The molecule has 7 heteroatoms. The van der Waals surface area contributed by atoms with Gasteiger partial charge in [-0.2, -0.15) is 0 Å². The van der Waals surface area contributed by atoms with Gasteiger partial charge in [-0.15, -0.1) is 0 Å². The zero-order chi connectivity index (χ0) is 18.5. The Labute approximate surface area is 152 Å². The molecule has 1 atom stereocenters. The maximum atomic E-state index is 12.4. The Bertz CT molecular complexity index is 753. The molecule has 2 aromatic heterocycles. The Hall–Kier alpha value is -2.70. The normalized spacial score (nSPS) is 17.8. The van der Waals surface area contributed by atoms with Crippen LogP contribution in [0.3, 0.4) is 0 Å². The third-order valence-electron chi connectivity index (χ3n) is 4.82. The predicted octanol–water partition coefficient (Wildman–Crippen LogP) is 1.93. The lowest BCUT2D eigenvalue weighted by Gasteiger charge is -2.21. The second kappa shape index (κ2) is 8.12. The van der Waals surface area contributed by atoms with Gasteiger partial charge in [0.2, 0.25) is 11.8 Å². The second-order valence-corrected chi connectivity index (χ2v) is 6.74. The average molecular weight is 356 g/mol. The van der Waals surface area contributed by atoms with E-state index in [1.165, 1.54) is 0 Å². The molecule has 1 fully saturated rings. The van der Waals surface area contributed by atoms with Gasteiger partial charge < -0.3 is 14.7 Å². The van der Waals surface area contributed by atoms with Gasteiger partial charge in [0.15, 0.2) is 0 Å². The van der Waals surface area contributed by atoms with Gasteiger partial charge in [-0.25, -0.2) is 0 Å². The van der Waals surface area contributed by atoms with Crippen LogP contribution in [0.1, 0.15) is 41.8 Å². The Kier molecular flexibility index (Phi) is 5.65. The lowest BCUT2D eigenvalue weighted by molar-refractivity contribution is -0.131. The molecule has 0 radical (unpaired) electrons. The summed E-state index contributed by atoms with van der Waals surface area (Å²) in [6, 6.07) is 3.69. The van der Waals surface area contributed by atoms with Crippen LogP contribution in [0.4, 0.5) is 0 Å². The number of likely N-dealkylation sites (tertiary alicyclic amines) is 1. The van der Waals surface area contributed by atoms with Crippen molar-refractivity contribution in [3.8, 4) is 0 Å². The molecule has 1 N–H and O–H groups in total. The average Bonchev–Trinajstić information content (AvgIpc) is 2.83. The van der Waals surface area contributed by atoms with Crippen LogP contribution in [0.15, 0.2) is 29.0 Å². The first kappa shape index (κ1) is 18.1. The first-order valence-corrected chi connectivity index (χ1v) is 8.90. The van der Waals surface area contributed by atoms with E-state index in [4.69, 9.17) is 4.52 Å². The largest absolute Gasteiger partial charge is 0.361 e. The summed E-state index contributed by atoms with van der Waals surface area (Å²) in [5, 5.41) is 7.01. The molecule has 0 aromatic carbocycles. The highest BCUT2D eigenvalue weighted by atomic mass is 16.5. The SMILES string of the molecule is Cc1noc(C)c1CN1CCC(NC(=O)Cc2ccncc2)CCC1=O. The number of aryl methyl sites for hydroxylation is 2. The lowest BCUT2D eigenvalue weighted by atomic mass is 10.1. The van der Waals surface area contributed by atoms with E-state index in [2.05, 4.69) is 15.5 Å². The van der Waals surface area contributed by atoms with E-state index in [1.54, 1.807) is 12.4 Å². The van der Waals surface area contributed by atoms with Gasteiger partial charge >= 0.3 is 0 Å². The number of nitrogens with zero attached hydrogens (tertiary/aromatic N) is 3. The van der Waals surface area contributed by atoms with Crippen molar-refractivity contribution in [2.75, 3.05) is 6.54 Å². The van der Waals surface area contributed by atoms with Crippen LogP contribution in [-0.2, 0) is 22.6 Å². The van der Waals surface area contributed by atoms with Crippen molar-refractivity contribution >= 4 is 11.8 Å². The number of nitrogens with one attached hydrogen (secondary N) is 1. The molecular formula is C19H24N4O3. The standard InChI is InChI=1S/C19H24N4O3/c1-13-17(14(2)26-22-13)12-23-10-7-16(3-4-19(23)25)21-18(24)11-15-5-8-20-9-6-15/h5-6,8-9,16H,3-4,7,10-12H2,1-2H3,(H,21,24). The molecule has 1 saturated heterocycles. The number of aromatic nitrogens is 2. The molecule has 1 aliphatic heterocycles. The number of carbonyl (C=O) groups excluding carboxylic acids is 2. The summed E-state index contributed by atoms with van der Waals surface area (Å²) in [5.74, 6) is 0.838. The fourth-order valence-electron chi connectivity index (χ4n) is 3.23. The van der Waals surface area contributed by atoms with Crippen LogP contribution in [0.25, 0.3) is 0 Å². The highest BCUT2D eigenvalue weighted by molar-refractivity contribution is 5.79. The summed E-state index contributed by atoms with van der Waals surface area (Å²) in [5.41, 5.74) is 2.72. The third kappa shape index (κ3) is 4.47. The number of rotatable bonds is 5. The fourth-order valence-corrected chi connectivity index (χ4v) is 3.23. The Balaban J connectivity index is 1.55. The van der Waals surface area contributed by atoms with Gasteiger partial charge in [-0.05, 0) is 44.4 Å². The van der Waals surface area contributed by atoms with Crippen molar-refractivity contribution in [2.24, 2.45) is 0 Å². The minimum Gasteiger partial charge on any atom is -0.361 e. The highest BCUT2D eigenvalue weighted by Crippen LogP contribution is 2.19. The molecule has 26 heavy (non-hydrogen) atoms. The smallest absolute Gasteiger partial charge is 0.224 e. The molecule has 1 aliphatic rings. The molecule has 138 valence electrons. The number of hydrogen-bond donors (Lipinski definition) is 1. The van der Waals surface area contributed by atoms with Crippen molar-refractivity contribution in [3.63, 3.8) is 0 Å². The number of hydrogen-bond acceptors (Lipinski definition) is 5. The Morgan fingerprint density at radius 2 is 2.08 bits per heavy atom. The zero-order valence-corrected chi connectivity index (χ0v) is 15.2. The summed E-state index contributed by atoms with van der Waals surface area (Å²) in [7, 11) is 0. The van der Waals surface area contributed by atoms with Crippen LogP contribution in [0, 0.1) is 13.8 Å². The fraction of sp³-hybridized carbons (Fsp3) is 0.474. The zero-order valence-electron chi connectivity index (χ0n) is 15.2. The number of amides is 2. The van der Waals surface area contributed by atoms with Gasteiger partial charge in [-0.1, -0.05) is 5.16 Å². The van der Waals surface area contributed by atoms with Gasteiger partial charge in [0.25, 0.3) is 0 Å². The molecule has 0 saturated carbocycles. The Morgan fingerprint density at radius 3 is 2.77 bits per heavy atom. The molecule has 0 bridgehead atoms. The first-order valence-electron chi connectivity index (χ1n) is 8.90. The quantitative estimate of drug-likeness (QED) is 0.884. The lowest BCUT2D eigenvalue weighted by Crippen LogP contribution is -2.36. The maximum Gasteiger partial charge on any atom is 0.224 e. The molecule has 1 unspecified atom stereocenters. The van der Waals surface area contributed by atoms with Crippen LogP contribution in [0.2, 0.25) is 0 Å². The van der Waals surface area contributed by atoms with E-state index >= 15 is 0 Å². The third-order valence-corrected chi connectivity index (χ3v) is 4.82. The van der Waals surface area contributed by atoms with E-state index in [1.807, 2.05) is 30.9 Å². The van der Waals surface area contributed by atoms with E-state index in [0.717, 1.165) is 29.0 Å². The first-order chi connectivity index (χ1) is 12.5. The number of carbonyl (C=O) groups is 2. The molecule has 3 heterocycles. The summed E-state index contributed by atoms with van der Waals surface area (Å²) in [6.07, 6.45) is 5.54. The van der Waals surface area contributed by atoms with Crippen LogP contribution in [-0.4, -0.2) is 39.4 Å². The van der Waals surface area contributed by atoms with Crippen molar-refractivity contribution in [1.29, 1.82) is 0 Å². The van der Waals surface area contributed by atoms with Gasteiger partial charge in [0, 0.05) is 37.0 Å². The van der Waals surface area contributed by atoms with E-state index in [9.17, 15) is 9.59 Å². The van der Waals surface area contributed by atoms with E-state index < -0.39 is 0 Å². The van der Waals surface area contributed by atoms with Crippen LogP contribution in [0.5, 0.6) is 0 Å². The molecule has 2 amide bonds. The monoisotopic (exact) mass is 356 g/mol. The molecule has 0 spiro atoms. The summed E-state index contributed by atoms with van der Waals surface area (Å²) in [6.45, 7) is 4.87. The van der Waals surface area contributed by atoms with Crippen molar-refractivity contribution in [2.45, 2.75) is 52.1 Å². The molecule has 0 aliphatic carbocycles. The van der Waals surface area contributed by atoms with Gasteiger partial charge in [-0.3, -0.25) is 14.6 Å².